The van der Waals surface area contributed by atoms with E-state index in [1.165, 1.54) is 11.3 Å². The van der Waals surface area contributed by atoms with Crippen molar-refractivity contribution >= 4 is 34.7 Å². The molecule has 0 saturated heterocycles. The number of thiophene rings is 1. The molecule has 0 aliphatic carbocycles. The highest BCUT2D eigenvalue weighted by molar-refractivity contribution is 7.13. The van der Waals surface area contributed by atoms with E-state index in [0.717, 1.165) is 16.0 Å². The summed E-state index contributed by atoms with van der Waals surface area (Å²) in [6, 6.07) is 9.51. The van der Waals surface area contributed by atoms with Gasteiger partial charge in [-0.2, -0.15) is 0 Å². The van der Waals surface area contributed by atoms with Crippen LogP contribution in [-0.2, 0) is 6.42 Å². The number of amides is 1. The molecule has 3 N–H and O–H groups in total. The molecule has 7 heteroatoms. The van der Waals surface area contributed by atoms with Gasteiger partial charge >= 0.3 is 0 Å². The summed E-state index contributed by atoms with van der Waals surface area (Å²) in [5.74, 6) is -0.267. The molecule has 0 aliphatic rings. The Morgan fingerprint density at radius 1 is 1.42 bits per heavy atom. The van der Waals surface area contributed by atoms with Crippen LogP contribution in [0.5, 0.6) is 0 Å². The van der Waals surface area contributed by atoms with Crippen molar-refractivity contribution in [1.82, 2.24) is 10.5 Å². The van der Waals surface area contributed by atoms with Crippen LogP contribution in [0.25, 0.3) is 10.6 Å². The first-order chi connectivity index (χ1) is 11.6. The van der Waals surface area contributed by atoms with Crippen molar-refractivity contribution in [2.75, 3.05) is 12.3 Å². The van der Waals surface area contributed by atoms with E-state index in [2.05, 4.69) is 10.5 Å². The zero-order chi connectivity index (χ0) is 17.1. The minimum atomic E-state index is -0.293. The number of nitrogen functional groups attached to an aromatic ring is 1. The molecule has 3 rings (SSSR count). The third-order valence-corrected chi connectivity index (χ3v) is 4.87. The topological polar surface area (TPSA) is 81.2 Å². The number of aryl methyl sites for hydroxylation is 1. The molecule has 1 aromatic carbocycles. The molecule has 0 aliphatic heterocycles. The highest BCUT2D eigenvalue weighted by Crippen LogP contribution is 2.33. The normalized spacial score (nSPS) is 10.8. The monoisotopic (exact) mass is 361 g/mol. The summed E-state index contributed by atoms with van der Waals surface area (Å²) in [6.45, 7) is 2.42. The number of hydrogen-bond acceptors (Lipinski definition) is 5. The van der Waals surface area contributed by atoms with E-state index in [0.29, 0.717) is 23.7 Å². The van der Waals surface area contributed by atoms with Crippen molar-refractivity contribution in [1.29, 1.82) is 0 Å². The van der Waals surface area contributed by atoms with Gasteiger partial charge in [0.05, 0.1) is 4.88 Å². The molecular weight excluding hydrogens is 346 g/mol. The number of halogens is 1. The molecule has 0 fully saturated rings. The van der Waals surface area contributed by atoms with E-state index in [1.807, 2.05) is 42.6 Å². The Bertz CT molecular complexity index is 872. The molecular formula is C17H16ClN3O2S. The second-order valence-electron chi connectivity index (χ2n) is 5.34. The molecule has 3 aromatic rings. The van der Waals surface area contributed by atoms with Gasteiger partial charge in [-0.05, 0) is 48.1 Å². The molecule has 0 atom stereocenters. The van der Waals surface area contributed by atoms with Crippen LogP contribution in [0.2, 0.25) is 5.02 Å². The van der Waals surface area contributed by atoms with Crippen molar-refractivity contribution in [3.63, 3.8) is 0 Å². The summed E-state index contributed by atoms with van der Waals surface area (Å²) in [7, 11) is 0. The highest BCUT2D eigenvalue weighted by atomic mass is 35.5. The zero-order valence-electron chi connectivity index (χ0n) is 13.0. The summed E-state index contributed by atoms with van der Waals surface area (Å²) < 4.78 is 5.03. The summed E-state index contributed by atoms with van der Waals surface area (Å²) in [4.78, 5) is 13.4. The third kappa shape index (κ3) is 3.44. The highest BCUT2D eigenvalue weighted by Gasteiger charge is 2.23. The van der Waals surface area contributed by atoms with Gasteiger partial charge < -0.3 is 15.6 Å². The molecule has 124 valence electrons. The van der Waals surface area contributed by atoms with Crippen LogP contribution < -0.4 is 11.1 Å². The van der Waals surface area contributed by atoms with E-state index in [1.54, 1.807) is 0 Å². The summed E-state index contributed by atoms with van der Waals surface area (Å²) in [5, 5.41) is 9.43. The molecule has 0 radical (unpaired) electrons. The number of aromatic nitrogens is 1. The van der Waals surface area contributed by atoms with E-state index < -0.39 is 0 Å². The average Bonchev–Trinajstić information content (AvgIpc) is 3.12. The van der Waals surface area contributed by atoms with Crippen molar-refractivity contribution in [3.8, 4) is 10.6 Å². The zero-order valence-corrected chi connectivity index (χ0v) is 14.6. The second kappa shape index (κ2) is 7.07. The Kier molecular flexibility index (Phi) is 4.87. The van der Waals surface area contributed by atoms with Crippen LogP contribution >= 0.6 is 22.9 Å². The van der Waals surface area contributed by atoms with Crippen molar-refractivity contribution in [2.45, 2.75) is 13.3 Å². The standard InChI is InChI=1S/C17H16ClN3O2S/c1-10-6-8-24-15(10)14-13(16(19)23-21-14)17(22)20-7-5-11-3-2-4-12(18)9-11/h2-4,6,8-9H,5,7,19H2,1H3,(H,20,22). The van der Waals surface area contributed by atoms with Crippen molar-refractivity contribution in [3.05, 3.63) is 57.4 Å². The molecule has 24 heavy (non-hydrogen) atoms. The Labute approximate surface area is 148 Å². The summed E-state index contributed by atoms with van der Waals surface area (Å²) >= 11 is 7.45. The smallest absolute Gasteiger partial charge is 0.259 e. The number of nitrogens with zero attached hydrogens (tertiary/aromatic N) is 1. The Morgan fingerprint density at radius 2 is 2.25 bits per heavy atom. The minimum absolute atomic E-state index is 0.0260. The number of nitrogens with one attached hydrogen (secondary N) is 1. The number of nitrogens with two attached hydrogens (primary N) is 1. The lowest BCUT2D eigenvalue weighted by molar-refractivity contribution is 0.0955. The molecule has 1 amide bonds. The summed E-state index contributed by atoms with van der Waals surface area (Å²) in [5.41, 5.74) is 8.65. The van der Waals surface area contributed by atoms with Gasteiger partial charge in [-0.1, -0.05) is 28.9 Å². The van der Waals surface area contributed by atoms with Crippen LogP contribution in [0, 0.1) is 6.92 Å². The van der Waals surface area contributed by atoms with Gasteiger partial charge in [0, 0.05) is 11.6 Å². The number of hydrogen-bond donors (Lipinski definition) is 2. The van der Waals surface area contributed by atoms with Gasteiger partial charge in [-0.3, -0.25) is 4.79 Å². The maximum absolute atomic E-state index is 12.5. The van der Waals surface area contributed by atoms with E-state index in [9.17, 15) is 4.79 Å². The summed E-state index contributed by atoms with van der Waals surface area (Å²) in [6.07, 6.45) is 0.671. The van der Waals surface area contributed by atoms with Crippen LogP contribution in [0.1, 0.15) is 21.5 Å². The third-order valence-electron chi connectivity index (χ3n) is 3.61. The van der Waals surface area contributed by atoms with E-state index >= 15 is 0 Å². The van der Waals surface area contributed by atoms with E-state index in [4.69, 9.17) is 21.9 Å². The molecule has 0 bridgehead atoms. The fourth-order valence-corrected chi connectivity index (χ4v) is 3.52. The van der Waals surface area contributed by atoms with Crippen molar-refractivity contribution in [2.24, 2.45) is 0 Å². The largest absolute Gasteiger partial charge is 0.367 e. The van der Waals surface area contributed by atoms with Crippen LogP contribution in [0.4, 0.5) is 5.88 Å². The molecule has 2 aromatic heterocycles. The molecule has 2 heterocycles. The Balaban J connectivity index is 1.72. The lowest BCUT2D eigenvalue weighted by atomic mass is 10.1. The molecule has 0 unspecified atom stereocenters. The first-order valence-corrected chi connectivity index (χ1v) is 8.64. The average molecular weight is 362 g/mol. The number of benzene rings is 1. The minimum Gasteiger partial charge on any atom is -0.367 e. The number of carbonyl (C=O) groups excluding carboxylic acids is 1. The first kappa shape index (κ1) is 16.5. The van der Waals surface area contributed by atoms with Crippen LogP contribution in [-0.4, -0.2) is 17.6 Å². The van der Waals surface area contributed by atoms with Gasteiger partial charge in [0.15, 0.2) is 0 Å². The fraction of sp³-hybridized carbons (Fsp3) is 0.176. The molecule has 0 saturated carbocycles. The van der Waals surface area contributed by atoms with Crippen LogP contribution in [0.3, 0.4) is 0 Å². The predicted octanol–water partition coefficient (Wildman–Crippen LogP) is 3.92. The van der Waals surface area contributed by atoms with Crippen molar-refractivity contribution < 1.29 is 9.32 Å². The van der Waals surface area contributed by atoms with E-state index in [-0.39, 0.29) is 17.4 Å². The molecule has 5 nitrogen and oxygen atoms in total. The SMILES string of the molecule is Cc1ccsc1-c1noc(N)c1C(=O)NCCc1cccc(Cl)c1. The number of rotatable bonds is 5. The first-order valence-electron chi connectivity index (χ1n) is 7.38. The van der Waals surface area contributed by atoms with Gasteiger partial charge in [0.1, 0.15) is 11.3 Å². The fourth-order valence-electron chi connectivity index (χ4n) is 2.39. The maximum atomic E-state index is 12.5. The Morgan fingerprint density at radius 3 is 2.96 bits per heavy atom. The number of anilines is 1. The quantitative estimate of drug-likeness (QED) is 0.721. The lowest BCUT2D eigenvalue weighted by Gasteiger charge is -2.06. The second-order valence-corrected chi connectivity index (χ2v) is 6.69. The number of carbonyl (C=O) groups is 1. The van der Waals surface area contributed by atoms with Gasteiger partial charge in [0.2, 0.25) is 5.88 Å². The molecule has 0 spiro atoms. The maximum Gasteiger partial charge on any atom is 0.259 e. The van der Waals surface area contributed by atoms with Gasteiger partial charge in [0.25, 0.3) is 5.91 Å². The van der Waals surface area contributed by atoms with Gasteiger partial charge in [-0.15, -0.1) is 11.3 Å². The van der Waals surface area contributed by atoms with Gasteiger partial charge in [-0.25, -0.2) is 0 Å². The predicted molar refractivity (Wildman–Crippen MR) is 96.5 cm³/mol. The Hall–Kier alpha value is -2.31. The lowest BCUT2D eigenvalue weighted by Crippen LogP contribution is -2.26. The van der Waals surface area contributed by atoms with Crippen LogP contribution in [0.15, 0.2) is 40.2 Å².